The number of ether oxygens (including phenoxy) is 1. The van der Waals surface area contributed by atoms with Crippen LogP contribution in [0.4, 0.5) is 15.8 Å². The summed E-state index contributed by atoms with van der Waals surface area (Å²) in [6.07, 6.45) is 6.25. The van der Waals surface area contributed by atoms with Crippen LogP contribution in [-0.4, -0.2) is 25.6 Å². The third-order valence-corrected chi connectivity index (χ3v) is 4.47. The second kappa shape index (κ2) is 9.21. The van der Waals surface area contributed by atoms with E-state index in [-0.39, 0.29) is 11.6 Å². The number of benzene rings is 2. The standard InChI is InChI=1S/C22H25FN2O2/c1-2-16-27-18-11-8-17(9-12-18)10-13-21(26)24-22-19(23)6-5-7-20(22)25-14-3-4-15-25/h5-13H,2-4,14-16H2,1H3,(H,24,26)/b13-10+. The minimum Gasteiger partial charge on any atom is -0.494 e. The number of hydrogen-bond donors (Lipinski definition) is 1. The van der Waals surface area contributed by atoms with Crippen molar-refractivity contribution in [2.75, 3.05) is 29.9 Å². The van der Waals surface area contributed by atoms with E-state index >= 15 is 0 Å². The Morgan fingerprint density at radius 2 is 1.93 bits per heavy atom. The summed E-state index contributed by atoms with van der Waals surface area (Å²) in [5, 5.41) is 2.70. The van der Waals surface area contributed by atoms with E-state index in [1.54, 1.807) is 12.1 Å². The first-order valence-corrected chi connectivity index (χ1v) is 9.43. The van der Waals surface area contributed by atoms with Gasteiger partial charge < -0.3 is 15.0 Å². The molecule has 1 heterocycles. The molecular formula is C22H25FN2O2. The number of nitrogens with zero attached hydrogens (tertiary/aromatic N) is 1. The van der Waals surface area contributed by atoms with Gasteiger partial charge in [-0.05, 0) is 55.2 Å². The van der Waals surface area contributed by atoms with Crippen molar-refractivity contribution >= 4 is 23.4 Å². The number of carbonyl (C=O) groups is 1. The molecule has 27 heavy (non-hydrogen) atoms. The zero-order valence-corrected chi connectivity index (χ0v) is 15.6. The Kier molecular flexibility index (Phi) is 6.47. The summed E-state index contributed by atoms with van der Waals surface area (Å²) in [7, 11) is 0. The molecule has 3 rings (SSSR count). The number of nitrogens with one attached hydrogen (secondary N) is 1. The van der Waals surface area contributed by atoms with Gasteiger partial charge in [0.25, 0.3) is 0 Å². The molecule has 0 spiro atoms. The average molecular weight is 368 g/mol. The Morgan fingerprint density at radius 3 is 2.63 bits per heavy atom. The zero-order chi connectivity index (χ0) is 19.1. The molecule has 0 aromatic heterocycles. The summed E-state index contributed by atoms with van der Waals surface area (Å²) < 4.78 is 19.8. The van der Waals surface area contributed by atoms with E-state index in [0.29, 0.717) is 6.61 Å². The van der Waals surface area contributed by atoms with E-state index in [1.807, 2.05) is 30.3 Å². The maximum Gasteiger partial charge on any atom is 0.248 e. The van der Waals surface area contributed by atoms with Gasteiger partial charge in [-0.2, -0.15) is 0 Å². The first kappa shape index (κ1) is 19.0. The molecule has 1 amide bonds. The van der Waals surface area contributed by atoms with E-state index in [0.717, 1.165) is 49.4 Å². The number of anilines is 2. The highest BCUT2D eigenvalue weighted by atomic mass is 19.1. The number of halogens is 1. The smallest absolute Gasteiger partial charge is 0.248 e. The van der Waals surface area contributed by atoms with Gasteiger partial charge in [0.1, 0.15) is 17.3 Å². The Balaban J connectivity index is 1.66. The van der Waals surface area contributed by atoms with Gasteiger partial charge in [0, 0.05) is 19.2 Å². The fourth-order valence-corrected chi connectivity index (χ4v) is 3.09. The Morgan fingerprint density at radius 1 is 1.19 bits per heavy atom. The highest BCUT2D eigenvalue weighted by Gasteiger charge is 2.19. The van der Waals surface area contributed by atoms with Gasteiger partial charge in [0.2, 0.25) is 5.91 Å². The predicted octanol–water partition coefficient (Wildman–Crippen LogP) is 4.87. The third kappa shape index (κ3) is 5.09. The lowest BCUT2D eigenvalue weighted by atomic mass is 10.2. The zero-order valence-electron chi connectivity index (χ0n) is 15.6. The van der Waals surface area contributed by atoms with Crippen molar-refractivity contribution in [3.8, 4) is 5.75 Å². The summed E-state index contributed by atoms with van der Waals surface area (Å²) >= 11 is 0. The maximum atomic E-state index is 14.3. The van der Waals surface area contributed by atoms with Crippen molar-refractivity contribution in [2.45, 2.75) is 26.2 Å². The van der Waals surface area contributed by atoms with Gasteiger partial charge in [-0.3, -0.25) is 4.79 Å². The minimum atomic E-state index is -0.418. The Bertz CT molecular complexity index is 796. The number of rotatable bonds is 7. The van der Waals surface area contributed by atoms with Gasteiger partial charge in [-0.15, -0.1) is 0 Å². The molecule has 0 atom stereocenters. The molecule has 1 aliphatic heterocycles. The molecule has 1 fully saturated rings. The van der Waals surface area contributed by atoms with E-state index in [9.17, 15) is 9.18 Å². The SMILES string of the molecule is CCCOc1ccc(/C=C/C(=O)Nc2c(F)cccc2N2CCCC2)cc1. The molecule has 1 N–H and O–H groups in total. The monoisotopic (exact) mass is 368 g/mol. The summed E-state index contributed by atoms with van der Waals surface area (Å²) in [6.45, 7) is 4.50. The van der Waals surface area contributed by atoms with Crippen molar-refractivity contribution in [3.05, 3.63) is 59.9 Å². The van der Waals surface area contributed by atoms with E-state index in [4.69, 9.17) is 4.74 Å². The number of para-hydroxylation sites is 1. The second-order valence-electron chi connectivity index (χ2n) is 6.57. The third-order valence-electron chi connectivity index (χ3n) is 4.47. The van der Waals surface area contributed by atoms with E-state index in [1.165, 1.54) is 12.1 Å². The Hall–Kier alpha value is -2.82. The summed E-state index contributed by atoms with van der Waals surface area (Å²) in [4.78, 5) is 14.4. The molecule has 0 saturated carbocycles. The minimum absolute atomic E-state index is 0.248. The average Bonchev–Trinajstić information content (AvgIpc) is 3.22. The van der Waals surface area contributed by atoms with Crippen LogP contribution >= 0.6 is 0 Å². The molecule has 0 bridgehead atoms. The second-order valence-corrected chi connectivity index (χ2v) is 6.57. The Labute approximate surface area is 159 Å². The molecule has 1 saturated heterocycles. The molecule has 1 aliphatic rings. The first-order chi connectivity index (χ1) is 13.2. The molecule has 2 aromatic carbocycles. The van der Waals surface area contributed by atoms with Crippen LogP contribution in [0.15, 0.2) is 48.5 Å². The summed E-state index contributed by atoms with van der Waals surface area (Å²) in [5.74, 6) is 0.0329. The van der Waals surface area contributed by atoms with Crippen molar-refractivity contribution < 1.29 is 13.9 Å². The van der Waals surface area contributed by atoms with Gasteiger partial charge in [0.15, 0.2) is 0 Å². The first-order valence-electron chi connectivity index (χ1n) is 9.43. The largest absolute Gasteiger partial charge is 0.494 e. The predicted molar refractivity (Wildman–Crippen MR) is 108 cm³/mol. The fraction of sp³-hybridized carbons (Fsp3) is 0.318. The summed E-state index contributed by atoms with van der Waals surface area (Å²) in [6, 6.07) is 12.4. The number of amides is 1. The van der Waals surface area contributed by atoms with Crippen LogP contribution in [-0.2, 0) is 4.79 Å². The highest BCUT2D eigenvalue weighted by Crippen LogP contribution is 2.31. The van der Waals surface area contributed by atoms with E-state index < -0.39 is 5.82 Å². The van der Waals surface area contributed by atoms with Gasteiger partial charge in [-0.1, -0.05) is 25.1 Å². The topological polar surface area (TPSA) is 41.6 Å². The molecule has 4 nitrogen and oxygen atoms in total. The van der Waals surface area contributed by atoms with Crippen LogP contribution in [0.25, 0.3) is 6.08 Å². The molecule has 0 radical (unpaired) electrons. The quantitative estimate of drug-likeness (QED) is 0.709. The van der Waals surface area contributed by atoms with E-state index in [2.05, 4.69) is 17.1 Å². The van der Waals surface area contributed by atoms with Crippen LogP contribution in [0.1, 0.15) is 31.7 Å². The van der Waals surface area contributed by atoms with Crippen LogP contribution < -0.4 is 15.0 Å². The van der Waals surface area contributed by atoms with Crippen molar-refractivity contribution in [1.29, 1.82) is 0 Å². The lowest BCUT2D eigenvalue weighted by Gasteiger charge is -2.21. The van der Waals surface area contributed by atoms with Crippen molar-refractivity contribution in [2.24, 2.45) is 0 Å². The molecule has 2 aromatic rings. The lowest BCUT2D eigenvalue weighted by molar-refractivity contribution is -0.111. The molecule has 5 heteroatoms. The van der Waals surface area contributed by atoms with Gasteiger partial charge >= 0.3 is 0 Å². The lowest BCUT2D eigenvalue weighted by Crippen LogP contribution is -2.21. The van der Waals surface area contributed by atoms with Crippen LogP contribution in [0, 0.1) is 5.82 Å². The van der Waals surface area contributed by atoms with Crippen molar-refractivity contribution in [3.63, 3.8) is 0 Å². The molecule has 142 valence electrons. The van der Waals surface area contributed by atoms with Crippen molar-refractivity contribution in [1.82, 2.24) is 0 Å². The number of hydrogen-bond acceptors (Lipinski definition) is 3. The maximum absolute atomic E-state index is 14.3. The van der Waals surface area contributed by atoms with Crippen LogP contribution in [0.5, 0.6) is 5.75 Å². The summed E-state index contributed by atoms with van der Waals surface area (Å²) in [5.41, 5.74) is 1.87. The van der Waals surface area contributed by atoms with Crippen LogP contribution in [0.3, 0.4) is 0 Å². The molecular weight excluding hydrogens is 343 g/mol. The fourth-order valence-electron chi connectivity index (χ4n) is 3.09. The highest BCUT2D eigenvalue weighted by molar-refractivity contribution is 6.04. The normalized spacial score (nSPS) is 13.9. The molecule has 0 aliphatic carbocycles. The number of carbonyl (C=O) groups excluding carboxylic acids is 1. The van der Waals surface area contributed by atoms with Crippen LogP contribution in [0.2, 0.25) is 0 Å². The molecule has 0 unspecified atom stereocenters. The van der Waals surface area contributed by atoms with Gasteiger partial charge in [0.05, 0.1) is 12.3 Å². The van der Waals surface area contributed by atoms with Gasteiger partial charge in [-0.25, -0.2) is 4.39 Å².